The highest BCUT2D eigenvalue weighted by atomic mass is 32.2. The molecule has 0 radical (unpaired) electrons. The lowest BCUT2D eigenvalue weighted by Gasteiger charge is -2.12. The minimum atomic E-state index is -1.19. The molecular formula is C12H23NO4S. The summed E-state index contributed by atoms with van der Waals surface area (Å²) in [5.74, 6) is -1.05. The summed E-state index contributed by atoms with van der Waals surface area (Å²) in [6.45, 7) is 3.38. The van der Waals surface area contributed by atoms with E-state index in [0.717, 1.165) is 25.7 Å². The molecule has 106 valence electrons. The van der Waals surface area contributed by atoms with E-state index in [4.69, 9.17) is 5.11 Å². The van der Waals surface area contributed by atoms with Crippen molar-refractivity contribution in [1.29, 1.82) is 0 Å². The second kappa shape index (κ2) is 10.1. The predicted molar refractivity (Wildman–Crippen MR) is 71.9 cm³/mol. The highest BCUT2D eigenvalue weighted by Crippen LogP contribution is 2.04. The van der Waals surface area contributed by atoms with Crippen molar-refractivity contribution in [2.75, 3.05) is 11.5 Å². The zero-order chi connectivity index (χ0) is 14.0. The monoisotopic (exact) mass is 277 g/mol. The number of amides is 1. The molecule has 18 heavy (non-hydrogen) atoms. The number of carboxylic acids is 1. The molecule has 1 amide bonds. The zero-order valence-corrected chi connectivity index (χ0v) is 11.9. The summed E-state index contributed by atoms with van der Waals surface area (Å²) in [6.07, 6.45) is 5.33. The molecule has 0 saturated carbocycles. The molecule has 0 aromatic heterocycles. The van der Waals surface area contributed by atoms with Crippen molar-refractivity contribution in [3.63, 3.8) is 0 Å². The Kier molecular flexibility index (Phi) is 9.55. The van der Waals surface area contributed by atoms with Crippen LogP contribution in [-0.2, 0) is 20.4 Å². The van der Waals surface area contributed by atoms with Crippen LogP contribution in [0.4, 0.5) is 0 Å². The van der Waals surface area contributed by atoms with Gasteiger partial charge in [-0.1, -0.05) is 32.6 Å². The Morgan fingerprint density at radius 3 is 2.33 bits per heavy atom. The van der Waals surface area contributed by atoms with Gasteiger partial charge in [-0.15, -0.1) is 0 Å². The van der Waals surface area contributed by atoms with Gasteiger partial charge in [0.2, 0.25) is 5.91 Å². The fraction of sp³-hybridized carbons (Fsp3) is 0.833. The van der Waals surface area contributed by atoms with Crippen LogP contribution >= 0.6 is 0 Å². The van der Waals surface area contributed by atoms with E-state index in [0.29, 0.717) is 5.75 Å². The molecule has 0 aliphatic carbocycles. The molecule has 0 bridgehead atoms. The lowest BCUT2D eigenvalue weighted by Crippen LogP contribution is -2.43. The van der Waals surface area contributed by atoms with Crippen LogP contribution in [0.3, 0.4) is 0 Å². The Labute approximate surface area is 111 Å². The summed E-state index contributed by atoms with van der Waals surface area (Å²) in [4.78, 5) is 21.6. The smallest absolute Gasteiger partial charge is 0.327 e. The van der Waals surface area contributed by atoms with Crippen LogP contribution in [0.15, 0.2) is 0 Å². The number of rotatable bonds is 10. The lowest BCUT2D eigenvalue weighted by molar-refractivity contribution is -0.140. The molecule has 6 heteroatoms. The molecule has 2 N–H and O–H groups in total. The van der Waals surface area contributed by atoms with E-state index in [9.17, 15) is 13.8 Å². The van der Waals surface area contributed by atoms with E-state index in [-0.39, 0.29) is 5.75 Å². The summed E-state index contributed by atoms with van der Waals surface area (Å²) in [6, 6.07) is -1.04. The average molecular weight is 277 g/mol. The first-order chi connectivity index (χ1) is 8.47. The molecule has 0 fully saturated rings. The minimum absolute atomic E-state index is 0.0112. The highest BCUT2D eigenvalue weighted by molar-refractivity contribution is 7.85. The normalized spacial score (nSPS) is 13.9. The Balaban J connectivity index is 3.88. The van der Waals surface area contributed by atoms with Crippen LogP contribution in [0, 0.1) is 0 Å². The van der Waals surface area contributed by atoms with Gasteiger partial charge in [0.1, 0.15) is 6.04 Å². The van der Waals surface area contributed by atoms with Crippen molar-refractivity contribution in [1.82, 2.24) is 5.32 Å². The van der Waals surface area contributed by atoms with Crippen LogP contribution in [-0.4, -0.2) is 38.7 Å². The Morgan fingerprint density at radius 1 is 1.22 bits per heavy atom. The first-order valence-electron chi connectivity index (χ1n) is 6.32. The van der Waals surface area contributed by atoms with Crippen LogP contribution < -0.4 is 5.32 Å². The minimum Gasteiger partial charge on any atom is -0.480 e. The summed E-state index contributed by atoms with van der Waals surface area (Å²) < 4.78 is 11.7. The fourth-order valence-corrected chi connectivity index (χ4v) is 2.85. The maximum Gasteiger partial charge on any atom is 0.327 e. The molecule has 0 aliphatic rings. The summed E-state index contributed by atoms with van der Waals surface area (Å²) >= 11 is 0. The van der Waals surface area contributed by atoms with Crippen molar-refractivity contribution in [3.8, 4) is 0 Å². The topological polar surface area (TPSA) is 83.5 Å². The third-order valence-corrected chi connectivity index (χ3v) is 3.95. The molecule has 0 aliphatic heterocycles. The quantitative estimate of drug-likeness (QED) is 0.589. The van der Waals surface area contributed by atoms with Gasteiger partial charge in [-0.25, -0.2) is 4.79 Å². The van der Waals surface area contributed by atoms with Gasteiger partial charge < -0.3 is 10.4 Å². The SMILES string of the molecule is CCCCCCCS(=O)C[C@H](NC(C)=O)C(=O)O. The van der Waals surface area contributed by atoms with Crippen molar-refractivity contribution in [2.24, 2.45) is 0 Å². The van der Waals surface area contributed by atoms with Gasteiger partial charge in [-0.3, -0.25) is 9.00 Å². The van der Waals surface area contributed by atoms with Crippen molar-refractivity contribution >= 4 is 22.7 Å². The standard InChI is InChI=1S/C12H23NO4S/c1-3-4-5-6-7-8-18(17)9-11(12(15)16)13-10(2)14/h11H,3-9H2,1-2H3,(H,13,14)(H,15,16)/t11-,18?/m0/s1. The molecule has 0 rings (SSSR count). The molecule has 0 aromatic carbocycles. The van der Waals surface area contributed by atoms with Crippen LogP contribution in [0.2, 0.25) is 0 Å². The molecular weight excluding hydrogens is 254 g/mol. The van der Waals surface area contributed by atoms with Crippen molar-refractivity contribution < 1.29 is 18.9 Å². The number of carbonyl (C=O) groups is 2. The largest absolute Gasteiger partial charge is 0.480 e. The third kappa shape index (κ3) is 9.15. The lowest BCUT2D eigenvalue weighted by atomic mass is 10.2. The van der Waals surface area contributed by atoms with E-state index >= 15 is 0 Å². The Morgan fingerprint density at radius 2 is 1.83 bits per heavy atom. The van der Waals surface area contributed by atoms with E-state index in [1.807, 2.05) is 0 Å². The first kappa shape index (κ1) is 17.1. The van der Waals surface area contributed by atoms with E-state index in [2.05, 4.69) is 12.2 Å². The van der Waals surface area contributed by atoms with Gasteiger partial charge >= 0.3 is 5.97 Å². The molecule has 0 spiro atoms. The maximum atomic E-state index is 11.7. The molecule has 5 nitrogen and oxygen atoms in total. The number of carboxylic acid groups (broad SMARTS) is 1. The number of carbonyl (C=O) groups excluding carboxylic acids is 1. The predicted octanol–water partition coefficient (Wildman–Crippen LogP) is 1.29. The second-order valence-electron chi connectivity index (χ2n) is 4.32. The van der Waals surface area contributed by atoms with Crippen LogP contribution in [0.5, 0.6) is 0 Å². The molecule has 2 atom stereocenters. The number of hydrogen-bond acceptors (Lipinski definition) is 3. The Bertz CT molecular complexity index is 294. The van der Waals surface area contributed by atoms with Gasteiger partial charge in [0.05, 0.1) is 5.75 Å². The summed E-state index contributed by atoms with van der Waals surface area (Å²) in [5, 5.41) is 11.2. The van der Waals surface area contributed by atoms with Gasteiger partial charge in [0.25, 0.3) is 0 Å². The number of aliphatic carboxylic acids is 1. The van der Waals surface area contributed by atoms with Crippen LogP contribution in [0.25, 0.3) is 0 Å². The van der Waals surface area contributed by atoms with E-state index in [1.165, 1.54) is 13.3 Å². The number of hydrogen-bond donors (Lipinski definition) is 2. The average Bonchev–Trinajstić information content (AvgIpc) is 2.27. The number of nitrogens with one attached hydrogen (secondary N) is 1. The van der Waals surface area contributed by atoms with E-state index in [1.54, 1.807) is 0 Å². The maximum absolute atomic E-state index is 11.7. The highest BCUT2D eigenvalue weighted by Gasteiger charge is 2.20. The number of unbranched alkanes of at least 4 members (excludes halogenated alkanes) is 4. The van der Waals surface area contributed by atoms with Gasteiger partial charge in [0.15, 0.2) is 0 Å². The molecule has 0 saturated heterocycles. The van der Waals surface area contributed by atoms with E-state index < -0.39 is 28.7 Å². The van der Waals surface area contributed by atoms with Gasteiger partial charge in [0, 0.05) is 23.5 Å². The van der Waals surface area contributed by atoms with Gasteiger partial charge in [-0.2, -0.15) is 0 Å². The molecule has 0 aromatic rings. The molecule has 0 heterocycles. The Hall–Kier alpha value is -0.910. The van der Waals surface area contributed by atoms with Crippen molar-refractivity contribution in [2.45, 2.75) is 52.0 Å². The summed E-state index contributed by atoms with van der Waals surface area (Å²) in [7, 11) is -1.19. The van der Waals surface area contributed by atoms with Crippen molar-refractivity contribution in [3.05, 3.63) is 0 Å². The molecule has 1 unspecified atom stereocenters. The summed E-state index contributed by atoms with van der Waals surface area (Å²) in [5.41, 5.74) is 0. The van der Waals surface area contributed by atoms with Crippen LogP contribution in [0.1, 0.15) is 46.0 Å². The third-order valence-electron chi connectivity index (χ3n) is 2.50. The zero-order valence-electron chi connectivity index (χ0n) is 11.1. The van der Waals surface area contributed by atoms with Gasteiger partial charge in [-0.05, 0) is 6.42 Å². The fourth-order valence-electron chi connectivity index (χ4n) is 1.56. The first-order valence-corrected chi connectivity index (χ1v) is 7.81. The second-order valence-corrected chi connectivity index (χ2v) is 5.94.